The van der Waals surface area contributed by atoms with Gasteiger partial charge in [-0.05, 0) is 30.3 Å². The lowest BCUT2D eigenvalue weighted by molar-refractivity contribution is -0.136. The Hall–Kier alpha value is -1.73. The maximum atomic E-state index is 12.9. The van der Waals surface area contributed by atoms with E-state index in [9.17, 15) is 18.0 Å². The average molecular weight is 321 g/mol. The monoisotopic (exact) mass is 320 g/mol. The van der Waals surface area contributed by atoms with Gasteiger partial charge in [-0.25, -0.2) is 0 Å². The van der Waals surface area contributed by atoms with Gasteiger partial charge in [-0.1, -0.05) is 11.6 Å². The van der Waals surface area contributed by atoms with Crippen LogP contribution in [-0.4, -0.2) is 5.91 Å². The molecule has 0 saturated heterocycles. The molecule has 0 spiro atoms. The number of alkyl halides is 3. The number of carbonyl (C=O) groups is 1. The molecule has 20 heavy (non-hydrogen) atoms. The highest BCUT2D eigenvalue weighted by Crippen LogP contribution is 2.36. The minimum atomic E-state index is -4.61. The van der Waals surface area contributed by atoms with Crippen LogP contribution in [0.5, 0.6) is 0 Å². The van der Waals surface area contributed by atoms with Gasteiger partial charge in [0.05, 0.1) is 20.5 Å². The van der Waals surface area contributed by atoms with E-state index in [0.29, 0.717) is 4.34 Å². The number of nitrogens with one attached hydrogen (secondary N) is 1. The molecule has 0 unspecified atom stereocenters. The van der Waals surface area contributed by atoms with Crippen molar-refractivity contribution >= 4 is 40.2 Å². The van der Waals surface area contributed by atoms with E-state index in [0.717, 1.165) is 23.5 Å². The van der Waals surface area contributed by atoms with Gasteiger partial charge in [0.15, 0.2) is 0 Å². The molecule has 2 rings (SSSR count). The van der Waals surface area contributed by atoms with Gasteiger partial charge < -0.3 is 11.1 Å². The fourth-order valence-electron chi connectivity index (χ4n) is 1.53. The fourth-order valence-corrected chi connectivity index (χ4v) is 2.46. The number of nitrogens with two attached hydrogens (primary N) is 1. The van der Waals surface area contributed by atoms with Crippen LogP contribution in [0.15, 0.2) is 30.3 Å². The number of carbonyl (C=O) groups excluding carboxylic acids is 1. The van der Waals surface area contributed by atoms with E-state index >= 15 is 0 Å². The number of anilines is 2. The van der Waals surface area contributed by atoms with Gasteiger partial charge in [-0.15, -0.1) is 11.3 Å². The van der Waals surface area contributed by atoms with Gasteiger partial charge in [-0.2, -0.15) is 13.2 Å². The number of benzene rings is 1. The van der Waals surface area contributed by atoms with E-state index in [4.69, 9.17) is 17.3 Å². The van der Waals surface area contributed by atoms with Crippen molar-refractivity contribution in [1.82, 2.24) is 0 Å². The Morgan fingerprint density at radius 1 is 1.25 bits per heavy atom. The van der Waals surface area contributed by atoms with Crippen LogP contribution in [0.3, 0.4) is 0 Å². The van der Waals surface area contributed by atoms with Crippen molar-refractivity contribution in [2.75, 3.05) is 11.1 Å². The zero-order valence-corrected chi connectivity index (χ0v) is 11.4. The zero-order chi connectivity index (χ0) is 14.9. The summed E-state index contributed by atoms with van der Waals surface area (Å²) in [5, 5.41) is 2.21. The highest BCUT2D eigenvalue weighted by Gasteiger charge is 2.34. The third kappa shape index (κ3) is 3.23. The van der Waals surface area contributed by atoms with Crippen molar-refractivity contribution in [3.05, 3.63) is 45.1 Å². The molecule has 0 saturated carbocycles. The van der Waals surface area contributed by atoms with E-state index in [2.05, 4.69) is 5.32 Å². The van der Waals surface area contributed by atoms with E-state index in [1.807, 2.05) is 0 Å². The van der Waals surface area contributed by atoms with Crippen molar-refractivity contribution < 1.29 is 18.0 Å². The second-order valence-corrected chi connectivity index (χ2v) is 5.58. The van der Waals surface area contributed by atoms with Crippen LogP contribution in [0.1, 0.15) is 15.2 Å². The highest BCUT2D eigenvalue weighted by atomic mass is 35.5. The van der Waals surface area contributed by atoms with Gasteiger partial charge in [-0.3, -0.25) is 4.79 Å². The third-order valence-electron chi connectivity index (χ3n) is 2.39. The number of rotatable bonds is 2. The molecule has 8 heteroatoms. The lowest BCUT2D eigenvalue weighted by atomic mass is 10.1. The summed E-state index contributed by atoms with van der Waals surface area (Å²) < 4.78 is 39.0. The standard InChI is InChI=1S/C12H8ClF3N2OS/c13-10-4-3-9(20-10)11(19)18-8-2-1-6(17)5-7(8)12(14,15)16/h1-5H,17H2,(H,18,19). The minimum Gasteiger partial charge on any atom is -0.399 e. The van der Waals surface area contributed by atoms with Crippen LogP contribution in [0.25, 0.3) is 0 Å². The first-order valence-electron chi connectivity index (χ1n) is 5.31. The van der Waals surface area contributed by atoms with E-state index in [1.54, 1.807) is 0 Å². The summed E-state index contributed by atoms with van der Waals surface area (Å²) in [6, 6.07) is 6.11. The molecule has 0 atom stereocenters. The Bertz CT molecular complexity index is 654. The molecule has 0 aliphatic heterocycles. The summed E-state index contributed by atoms with van der Waals surface area (Å²) in [5.41, 5.74) is 3.97. The Morgan fingerprint density at radius 2 is 1.95 bits per heavy atom. The summed E-state index contributed by atoms with van der Waals surface area (Å²) in [4.78, 5) is 12.1. The lowest BCUT2D eigenvalue weighted by Gasteiger charge is -2.14. The van der Waals surface area contributed by atoms with Crippen molar-refractivity contribution in [1.29, 1.82) is 0 Å². The lowest BCUT2D eigenvalue weighted by Crippen LogP contribution is -2.16. The van der Waals surface area contributed by atoms with Gasteiger partial charge >= 0.3 is 6.18 Å². The average Bonchev–Trinajstić information content (AvgIpc) is 2.77. The summed E-state index contributed by atoms with van der Waals surface area (Å²) in [7, 11) is 0. The Morgan fingerprint density at radius 3 is 2.50 bits per heavy atom. The number of nitrogen functional groups attached to an aromatic ring is 1. The van der Waals surface area contributed by atoms with Crippen LogP contribution < -0.4 is 11.1 Å². The first-order valence-corrected chi connectivity index (χ1v) is 6.50. The quantitative estimate of drug-likeness (QED) is 0.812. The Labute approximate surface area is 121 Å². The molecular formula is C12H8ClF3N2OS. The molecule has 2 aromatic rings. The Kier molecular flexibility index (Phi) is 3.92. The summed E-state index contributed by atoms with van der Waals surface area (Å²) >= 11 is 6.65. The molecule has 1 heterocycles. The topological polar surface area (TPSA) is 55.1 Å². The van der Waals surface area contributed by atoms with Crippen LogP contribution in [0, 0.1) is 0 Å². The SMILES string of the molecule is Nc1ccc(NC(=O)c2ccc(Cl)s2)c(C(F)(F)F)c1. The fraction of sp³-hybridized carbons (Fsp3) is 0.0833. The first-order chi connectivity index (χ1) is 9.27. The molecular weight excluding hydrogens is 313 g/mol. The molecule has 1 aromatic heterocycles. The third-order valence-corrected chi connectivity index (χ3v) is 3.62. The van der Waals surface area contributed by atoms with E-state index < -0.39 is 17.6 Å². The molecule has 1 amide bonds. The number of amides is 1. The molecule has 0 aliphatic carbocycles. The largest absolute Gasteiger partial charge is 0.418 e. The van der Waals surface area contributed by atoms with Gasteiger partial charge in [0.1, 0.15) is 0 Å². The molecule has 0 radical (unpaired) electrons. The molecule has 3 nitrogen and oxygen atoms in total. The first kappa shape index (κ1) is 14.7. The van der Waals surface area contributed by atoms with Crippen molar-refractivity contribution in [2.45, 2.75) is 6.18 Å². The predicted octanol–water partition coefficient (Wildman–Crippen LogP) is 4.25. The number of halogens is 4. The maximum absolute atomic E-state index is 12.9. The molecule has 0 fully saturated rings. The highest BCUT2D eigenvalue weighted by molar-refractivity contribution is 7.18. The van der Waals surface area contributed by atoms with Crippen LogP contribution >= 0.6 is 22.9 Å². The normalized spacial score (nSPS) is 11.4. The van der Waals surface area contributed by atoms with Gasteiger partial charge in [0.2, 0.25) is 0 Å². The summed E-state index contributed by atoms with van der Waals surface area (Å²) in [6.45, 7) is 0. The summed E-state index contributed by atoms with van der Waals surface area (Å²) in [6.07, 6.45) is -4.61. The zero-order valence-electron chi connectivity index (χ0n) is 9.79. The second kappa shape index (κ2) is 5.34. The van der Waals surface area contributed by atoms with E-state index in [-0.39, 0.29) is 16.3 Å². The van der Waals surface area contributed by atoms with Gasteiger partial charge in [0, 0.05) is 5.69 Å². The van der Waals surface area contributed by atoms with Crippen LogP contribution in [0.2, 0.25) is 4.34 Å². The number of thiophene rings is 1. The van der Waals surface area contributed by atoms with Crippen molar-refractivity contribution in [3.8, 4) is 0 Å². The molecule has 0 aliphatic rings. The van der Waals surface area contributed by atoms with Crippen LogP contribution in [0.4, 0.5) is 24.5 Å². The molecule has 1 aromatic carbocycles. The van der Waals surface area contributed by atoms with Crippen molar-refractivity contribution in [3.63, 3.8) is 0 Å². The Balaban J connectivity index is 2.32. The molecule has 106 valence electrons. The number of hydrogen-bond donors (Lipinski definition) is 2. The van der Waals surface area contributed by atoms with E-state index in [1.165, 1.54) is 18.2 Å². The molecule has 0 bridgehead atoms. The number of hydrogen-bond acceptors (Lipinski definition) is 3. The van der Waals surface area contributed by atoms with Crippen LogP contribution in [-0.2, 0) is 6.18 Å². The van der Waals surface area contributed by atoms with Gasteiger partial charge in [0.25, 0.3) is 5.91 Å². The maximum Gasteiger partial charge on any atom is 0.418 e. The smallest absolute Gasteiger partial charge is 0.399 e. The second-order valence-electron chi connectivity index (χ2n) is 3.86. The summed E-state index contributed by atoms with van der Waals surface area (Å²) in [5.74, 6) is -0.655. The predicted molar refractivity (Wildman–Crippen MR) is 73.1 cm³/mol. The van der Waals surface area contributed by atoms with Crippen molar-refractivity contribution in [2.24, 2.45) is 0 Å². The minimum absolute atomic E-state index is 0.0329. The molecule has 3 N–H and O–H groups in total.